The molecule has 9 heteroatoms. The standard InChI is InChI=1S/C11H18N2O7/c12-6(10(17)18)4-5-8(14)13-7(11(19)20)2-1-3-9(15)16/h6-7H,1-5,12H2,(H,13,14)(H,15,16)(H,17,18)(H,19,20)/t6-,7-/m0/s1. The second-order valence-electron chi connectivity index (χ2n) is 4.23. The van der Waals surface area contributed by atoms with Crippen LogP contribution in [0, 0.1) is 0 Å². The highest BCUT2D eigenvalue weighted by molar-refractivity contribution is 5.84. The third kappa shape index (κ3) is 8.03. The lowest BCUT2D eigenvalue weighted by atomic mass is 10.1. The van der Waals surface area contributed by atoms with Crippen LogP contribution < -0.4 is 11.1 Å². The predicted octanol–water partition coefficient (Wildman–Crippen LogP) is -0.997. The molecular formula is C11H18N2O7. The Kier molecular flexibility index (Phi) is 7.90. The van der Waals surface area contributed by atoms with Crippen molar-refractivity contribution in [1.82, 2.24) is 5.32 Å². The molecule has 6 N–H and O–H groups in total. The van der Waals surface area contributed by atoms with E-state index in [-0.39, 0.29) is 32.1 Å². The van der Waals surface area contributed by atoms with E-state index in [9.17, 15) is 19.2 Å². The number of hydrogen-bond acceptors (Lipinski definition) is 5. The van der Waals surface area contributed by atoms with Crippen LogP contribution in [0.5, 0.6) is 0 Å². The van der Waals surface area contributed by atoms with E-state index < -0.39 is 35.9 Å². The summed E-state index contributed by atoms with van der Waals surface area (Å²) in [5.74, 6) is -4.20. The van der Waals surface area contributed by atoms with Gasteiger partial charge in [-0.2, -0.15) is 0 Å². The zero-order valence-corrected chi connectivity index (χ0v) is 10.7. The van der Waals surface area contributed by atoms with Crippen molar-refractivity contribution in [2.75, 3.05) is 0 Å². The number of carbonyl (C=O) groups excluding carboxylic acids is 1. The fourth-order valence-electron chi connectivity index (χ4n) is 1.39. The van der Waals surface area contributed by atoms with Crippen molar-refractivity contribution in [1.29, 1.82) is 0 Å². The average Bonchev–Trinajstić information content (AvgIpc) is 2.33. The van der Waals surface area contributed by atoms with Crippen molar-refractivity contribution in [2.45, 2.75) is 44.2 Å². The van der Waals surface area contributed by atoms with E-state index >= 15 is 0 Å². The van der Waals surface area contributed by atoms with Crippen LogP contribution in [0.2, 0.25) is 0 Å². The largest absolute Gasteiger partial charge is 0.481 e. The van der Waals surface area contributed by atoms with Crippen molar-refractivity contribution in [3.63, 3.8) is 0 Å². The van der Waals surface area contributed by atoms with Crippen LogP contribution in [-0.4, -0.2) is 51.2 Å². The fourth-order valence-corrected chi connectivity index (χ4v) is 1.39. The molecule has 0 saturated carbocycles. The van der Waals surface area contributed by atoms with Crippen LogP contribution in [0.25, 0.3) is 0 Å². The van der Waals surface area contributed by atoms with E-state index in [0.717, 1.165) is 0 Å². The van der Waals surface area contributed by atoms with Crippen LogP contribution in [0.4, 0.5) is 0 Å². The minimum absolute atomic E-state index is 0.0155. The molecule has 0 aliphatic carbocycles. The van der Waals surface area contributed by atoms with Crippen molar-refractivity contribution in [3.8, 4) is 0 Å². The van der Waals surface area contributed by atoms with Gasteiger partial charge in [-0.25, -0.2) is 4.79 Å². The van der Waals surface area contributed by atoms with Crippen LogP contribution >= 0.6 is 0 Å². The molecule has 0 aromatic heterocycles. The molecule has 0 rings (SSSR count). The highest BCUT2D eigenvalue weighted by Gasteiger charge is 2.21. The predicted molar refractivity (Wildman–Crippen MR) is 65.9 cm³/mol. The molecule has 1 amide bonds. The SMILES string of the molecule is N[C@@H](CCC(=O)N[C@@H](CCCC(=O)O)C(=O)O)C(=O)O. The van der Waals surface area contributed by atoms with Gasteiger partial charge in [0, 0.05) is 12.8 Å². The van der Waals surface area contributed by atoms with E-state index in [1.165, 1.54) is 0 Å². The summed E-state index contributed by atoms with van der Waals surface area (Å²) >= 11 is 0. The maximum atomic E-state index is 11.4. The van der Waals surface area contributed by atoms with Gasteiger partial charge in [-0.3, -0.25) is 14.4 Å². The normalized spacial score (nSPS) is 13.2. The second kappa shape index (κ2) is 8.86. The summed E-state index contributed by atoms with van der Waals surface area (Å²) in [4.78, 5) is 43.1. The van der Waals surface area contributed by atoms with Gasteiger partial charge >= 0.3 is 17.9 Å². The topological polar surface area (TPSA) is 167 Å². The summed E-state index contributed by atoms with van der Waals surface area (Å²) in [6.45, 7) is 0. The zero-order chi connectivity index (χ0) is 15.7. The van der Waals surface area contributed by atoms with Crippen molar-refractivity contribution in [3.05, 3.63) is 0 Å². The van der Waals surface area contributed by atoms with Crippen LogP contribution in [0.3, 0.4) is 0 Å². The maximum absolute atomic E-state index is 11.4. The number of nitrogens with one attached hydrogen (secondary N) is 1. The Morgan fingerprint density at radius 3 is 2.00 bits per heavy atom. The number of rotatable bonds is 10. The summed E-state index contributed by atoms with van der Waals surface area (Å²) in [5.41, 5.74) is 5.21. The van der Waals surface area contributed by atoms with Gasteiger partial charge in [0.2, 0.25) is 5.91 Å². The van der Waals surface area contributed by atoms with Crippen molar-refractivity contribution >= 4 is 23.8 Å². The lowest BCUT2D eigenvalue weighted by Crippen LogP contribution is -2.41. The number of aliphatic carboxylic acids is 3. The number of carboxylic acids is 3. The Bertz CT molecular complexity index is 383. The van der Waals surface area contributed by atoms with Gasteiger partial charge in [0.05, 0.1) is 0 Å². The Morgan fingerprint density at radius 1 is 0.950 bits per heavy atom. The molecule has 0 heterocycles. The van der Waals surface area contributed by atoms with Gasteiger partial charge in [0.15, 0.2) is 0 Å². The quantitative estimate of drug-likeness (QED) is 0.341. The van der Waals surface area contributed by atoms with E-state index in [0.29, 0.717) is 0 Å². The minimum atomic E-state index is -1.27. The lowest BCUT2D eigenvalue weighted by molar-refractivity contribution is -0.143. The summed E-state index contributed by atoms with van der Waals surface area (Å²) < 4.78 is 0. The van der Waals surface area contributed by atoms with Gasteiger partial charge in [-0.15, -0.1) is 0 Å². The molecule has 114 valence electrons. The highest BCUT2D eigenvalue weighted by Crippen LogP contribution is 2.03. The van der Waals surface area contributed by atoms with Gasteiger partial charge in [-0.1, -0.05) is 0 Å². The van der Waals surface area contributed by atoms with E-state index in [1.54, 1.807) is 0 Å². The molecule has 20 heavy (non-hydrogen) atoms. The third-order valence-electron chi connectivity index (χ3n) is 2.52. The smallest absolute Gasteiger partial charge is 0.326 e. The average molecular weight is 290 g/mol. The first-order valence-electron chi connectivity index (χ1n) is 5.96. The molecule has 0 radical (unpaired) electrons. The highest BCUT2D eigenvalue weighted by atomic mass is 16.4. The first kappa shape index (κ1) is 17.8. The minimum Gasteiger partial charge on any atom is -0.481 e. The molecule has 9 nitrogen and oxygen atoms in total. The van der Waals surface area contributed by atoms with Gasteiger partial charge in [0.25, 0.3) is 0 Å². The summed E-state index contributed by atoms with van der Waals surface area (Å²) in [6.07, 6.45) is -0.415. The molecule has 0 saturated heterocycles. The number of hydrogen-bond donors (Lipinski definition) is 5. The first-order valence-corrected chi connectivity index (χ1v) is 5.96. The fraction of sp³-hybridized carbons (Fsp3) is 0.636. The molecule has 0 aliphatic rings. The van der Waals surface area contributed by atoms with E-state index in [4.69, 9.17) is 21.1 Å². The number of amides is 1. The van der Waals surface area contributed by atoms with Gasteiger partial charge in [0.1, 0.15) is 12.1 Å². The first-order chi connectivity index (χ1) is 9.23. The molecule has 0 unspecified atom stereocenters. The van der Waals surface area contributed by atoms with Gasteiger partial charge in [-0.05, 0) is 19.3 Å². The summed E-state index contributed by atoms with van der Waals surface area (Å²) in [7, 11) is 0. The molecule has 0 spiro atoms. The Morgan fingerprint density at radius 2 is 1.55 bits per heavy atom. The van der Waals surface area contributed by atoms with Crippen molar-refractivity contribution < 1.29 is 34.5 Å². The summed E-state index contributed by atoms with van der Waals surface area (Å²) in [6, 6.07) is -2.38. The monoisotopic (exact) mass is 290 g/mol. The zero-order valence-electron chi connectivity index (χ0n) is 10.7. The molecule has 0 aromatic carbocycles. The molecular weight excluding hydrogens is 272 g/mol. The number of carboxylic acid groups (broad SMARTS) is 3. The second-order valence-corrected chi connectivity index (χ2v) is 4.23. The molecule has 0 bridgehead atoms. The number of carbonyl (C=O) groups is 4. The Hall–Kier alpha value is -2.16. The maximum Gasteiger partial charge on any atom is 0.326 e. The molecule has 0 aliphatic heterocycles. The molecule has 0 fully saturated rings. The van der Waals surface area contributed by atoms with Crippen LogP contribution in [0.15, 0.2) is 0 Å². The lowest BCUT2D eigenvalue weighted by Gasteiger charge is -2.14. The molecule has 0 aromatic rings. The number of nitrogens with two attached hydrogens (primary N) is 1. The Balaban J connectivity index is 4.17. The Labute approximate surface area is 114 Å². The van der Waals surface area contributed by atoms with Crippen molar-refractivity contribution in [2.24, 2.45) is 5.73 Å². The third-order valence-corrected chi connectivity index (χ3v) is 2.52. The molecule has 2 atom stereocenters. The van der Waals surface area contributed by atoms with Crippen LogP contribution in [0.1, 0.15) is 32.1 Å². The van der Waals surface area contributed by atoms with E-state index in [2.05, 4.69) is 5.32 Å². The summed E-state index contributed by atoms with van der Waals surface area (Å²) in [5, 5.41) is 28.0. The van der Waals surface area contributed by atoms with Crippen LogP contribution in [-0.2, 0) is 19.2 Å². The van der Waals surface area contributed by atoms with Gasteiger partial charge < -0.3 is 26.4 Å². The van der Waals surface area contributed by atoms with E-state index in [1.807, 2.05) is 0 Å².